The summed E-state index contributed by atoms with van der Waals surface area (Å²) in [5.74, 6) is -4.87. The van der Waals surface area contributed by atoms with Gasteiger partial charge in [0.2, 0.25) is 0 Å². The van der Waals surface area contributed by atoms with Crippen molar-refractivity contribution in [3.63, 3.8) is 0 Å². The number of aromatic amines is 2. The Morgan fingerprint density at radius 1 is 1.10 bits per heavy atom. The maximum atomic E-state index is 14.1. The zero-order valence-electron chi connectivity index (χ0n) is 15.8. The molecule has 1 heterocycles. The van der Waals surface area contributed by atoms with E-state index in [9.17, 15) is 22.8 Å². The summed E-state index contributed by atoms with van der Waals surface area (Å²) < 4.78 is 45.6. The molecule has 0 aliphatic heterocycles. The van der Waals surface area contributed by atoms with Gasteiger partial charge in [0, 0.05) is 29.7 Å². The van der Waals surface area contributed by atoms with Crippen molar-refractivity contribution in [2.24, 2.45) is 0 Å². The molecule has 0 unspecified atom stereocenters. The SMILES string of the molecule is COC(=O)C[C@@H](c1ccc(C#N)cc1)c1c(Cc2cc(F)c(F)cc2F)[nH][nH]c1=O. The van der Waals surface area contributed by atoms with E-state index in [-0.39, 0.29) is 29.7 Å². The number of carbonyl (C=O) groups excluding carboxylic acids is 1. The first-order valence-corrected chi connectivity index (χ1v) is 8.83. The average Bonchev–Trinajstić information content (AvgIpc) is 3.10. The Labute approximate surface area is 168 Å². The number of ether oxygens (including phenoxy) is 1. The third-order valence-electron chi connectivity index (χ3n) is 4.74. The Bertz CT molecular complexity index is 1180. The first kappa shape index (κ1) is 20.9. The smallest absolute Gasteiger partial charge is 0.306 e. The van der Waals surface area contributed by atoms with Gasteiger partial charge >= 0.3 is 5.97 Å². The van der Waals surface area contributed by atoms with Gasteiger partial charge in [-0.25, -0.2) is 13.2 Å². The molecule has 1 aromatic heterocycles. The summed E-state index contributed by atoms with van der Waals surface area (Å²) in [5, 5.41) is 14.0. The van der Waals surface area contributed by atoms with Gasteiger partial charge in [0.05, 0.1) is 25.2 Å². The lowest BCUT2D eigenvalue weighted by atomic mass is 9.87. The van der Waals surface area contributed by atoms with Crippen molar-refractivity contribution in [3.05, 3.63) is 92.2 Å². The number of H-pyrrole nitrogens is 2. The number of halogens is 3. The van der Waals surface area contributed by atoms with Crippen LogP contribution in [-0.4, -0.2) is 23.3 Å². The second-order valence-corrected chi connectivity index (χ2v) is 6.57. The van der Waals surface area contributed by atoms with Crippen molar-refractivity contribution in [2.75, 3.05) is 7.11 Å². The van der Waals surface area contributed by atoms with Crippen LogP contribution in [0, 0.1) is 28.8 Å². The fraction of sp³-hybridized carbons (Fsp3) is 0.190. The molecule has 0 fully saturated rings. The van der Waals surface area contributed by atoms with Crippen LogP contribution in [0.4, 0.5) is 13.2 Å². The molecule has 3 aromatic rings. The molecular formula is C21H16F3N3O3. The second-order valence-electron chi connectivity index (χ2n) is 6.57. The predicted octanol–water partition coefficient (Wildman–Crippen LogP) is 3.28. The molecule has 30 heavy (non-hydrogen) atoms. The number of carbonyl (C=O) groups is 1. The standard InChI is InChI=1S/C21H16F3N3O3/c1-30-19(28)8-14(12-4-2-11(10-25)3-5-12)20-18(26-27-21(20)29)7-13-6-16(23)17(24)9-15(13)22/h2-6,9,14H,7-8H2,1H3,(H2,26,27,29)/t14-/m0/s1. The van der Waals surface area contributed by atoms with Gasteiger partial charge in [-0.1, -0.05) is 12.1 Å². The molecule has 0 saturated carbocycles. The number of rotatable bonds is 6. The molecule has 0 bridgehead atoms. The minimum Gasteiger partial charge on any atom is -0.469 e. The van der Waals surface area contributed by atoms with Crippen LogP contribution < -0.4 is 5.56 Å². The van der Waals surface area contributed by atoms with E-state index in [0.29, 0.717) is 17.2 Å². The van der Waals surface area contributed by atoms with Crippen molar-refractivity contribution < 1.29 is 22.7 Å². The molecule has 2 aromatic carbocycles. The first-order chi connectivity index (χ1) is 14.3. The molecule has 0 amide bonds. The highest BCUT2D eigenvalue weighted by atomic mass is 19.2. The maximum absolute atomic E-state index is 14.1. The van der Waals surface area contributed by atoms with Crippen molar-refractivity contribution in [2.45, 2.75) is 18.8 Å². The molecule has 0 spiro atoms. The van der Waals surface area contributed by atoms with Crippen LogP contribution >= 0.6 is 0 Å². The second kappa shape index (κ2) is 8.69. The maximum Gasteiger partial charge on any atom is 0.306 e. The molecule has 0 aliphatic carbocycles. The summed E-state index contributed by atoms with van der Waals surface area (Å²) in [6.07, 6.45) is -0.443. The highest BCUT2D eigenvalue weighted by Crippen LogP contribution is 2.30. The lowest BCUT2D eigenvalue weighted by Crippen LogP contribution is -2.18. The molecule has 0 saturated heterocycles. The number of nitriles is 1. The van der Waals surface area contributed by atoms with Gasteiger partial charge in [0.15, 0.2) is 11.6 Å². The Balaban J connectivity index is 2.07. The fourth-order valence-electron chi connectivity index (χ4n) is 3.23. The third kappa shape index (κ3) is 4.27. The number of nitrogens with one attached hydrogen (secondary N) is 2. The zero-order chi connectivity index (χ0) is 21.8. The van der Waals surface area contributed by atoms with Crippen molar-refractivity contribution >= 4 is 5.97 Å². The van der Waals surface area contributed by atoms with E-state index in [1.807, 2.05) is 6.07 Å². The van der Waals surface area contributed by atoms with Gasteiger partial charge in [-0.15, -0.1) is 0 Å². The highest BCUT2D eigenvalue weighted by Gasteiger charge is 2.26. The van der Waals surface area contributed by atoms with Crippen LogP contribution in [0.3, 0.4) is 0 Å². The average molecular weight is 415 g/mol. The Kier molecular flexibility index (Phi) is 6.06. The summed E-state index contributed by atoms with van der Waals surface area (Å²) in [4.78, 5) is 24.5. The van der Waals surface area contributed by atoms with Gasteiger partial charge in [-0.2, -0.15) is 5.26 Å². The largest absolute Gasteiger partial charge is 0.469 e. The van der Waals surface area contributed by atoms with Crippen molar-refractivity contribution in [1.82, 2.24) is 10.2 Å². The molecule has 0 radical (unpaired) electrons. The van der Waals surface area contributed by atoms with Crippen LogP contribution in [0.25, 0.3) is 0 Å². The van der Waals surface area contributed by atoms with Gasteiger partial charge in [-0.05, 0) is 29.3 Å². The van der Waals surface area contributed by atoms with Gasteiger partial charge in [0.25, 0.3) is 5.56 Å². The van der Waals surface area contributed by atoms with Crippen molar-refractivity contribution in [1.29, 1.82) is 5.26 Å². The highest BCUT2D eigenvalue weighted by molar-refractivity contribution is 5.71. The molecule has 9 heteroatoms. The predicted molar refractivity (Wildman–Crippen MR) is 100 cm³/mol. The van der Waals surface area contributed by atoms with Crippen LogP contribution in [-0.2, 0) is 16.0 Å². The van der Waals surface area contributed by atoms with E-state index in [1.165, 1.54) is 19.2 Å². The zero-order valence-corrected chi connectivity index (χ0v) is 15.8. The van der Waals surface area contributed by atoms with Crippen molar-refractivity contribution in [3.8, 4) is 6.07 Å². The van der Waals surface area contributed by atoms with Gasteiger partial charge in [0.1, 0.15) is 5.82 Å². The molecular weight excluding hydrogens is 399 g/mol. The fourth-order valence-corrected chi connectivity index (χ4v) is 3.23. The van der Waals surface area contributed by atoms with Crippen LogP contribution in [0.1, 0.15) is 40.3 Å². The number of benzene rings is 2. The Morgan fingerprint density at radius 2 is 1.77 bits per heavy atom. The number of hydrogen-bond acceptors (Lipinski definition) is 4. The topological polar surface area (TPSA) is 98.7 Å². The number of aromatic nitrogens is 2. The molecule has 154 valence electrons. The number of esters is 1. The number of methoxy groups -OCH3 is 1. The Morgan fingerprint density at radius 3 is 2.40 bits per heavy atom. The minimum absolute atomic E-state index is 0.134. The molecule has 3 rings (SSSR count). The number of nitrogens with zero attached hydrogens (tertiary/aromatic N) is 1. The van der Waals surface area contributed by atoms with Crippen LogP contribution in [0.2, 0.25) is 0 Å². The summed E-state index contributed by atoms with van der Waals surface area (Å²) >= 11 is 0. The van der Waals surface area contributed by atoms with E-state index in [1.54, 1.807) is 12.1 Å². The van der Waals surface area contributed by atoms with Crippen LogP contribution in [0.5, 0.6) is 0 Å². The number of hydrogen-bond donors (Lipinski definition) is 2. The van der Waals surface area contributed by atoms with Gasteiger partial charge < -0.3 is 9.84 Å². The molecule has 1 atom stereocenters. The van der Waals surface area contributed by atoms with E-state index < -0.39 is 34.9 Å². The summed E-state index contributed by atoms with van der Waals surface area (Å²) in [7, 11) is 1.21. The molecule has 6 nitrogen and oxygen atoms in total. The van der Waals surface area contributed by atoms with E-state index in [0.717, 1.165) is 6.07 Å². The summed E-state index contributed by atoms with van der Waals surface area (Å²) in [6.45, 7) is 0. The van der Waals surface area contributed by atoms with E-state index >= 15 is 0 Å². The van der Waals surface area contributed by atoms with Gasteiger partial charge in [-0.3, -0.25) is 14.7 Å². The normalized spacial score (nSPS) is 11.7. The Hall–Kier alpha value is -3.80. The van der Waals surface area contributed by atoms with Crippen LogP contribution in [0.15, 0.2) is 41.2 Å². The summed E-state index contributed by atoms with van der Waals surface area (Å²) in [6, 6.07) is 9.40. The lowest BCUT2D eigenvalue weighted by Gasteiger charge is -2.16. The van der Waals surface area contributed by atoms with E-state index in [2.05, 4.69) is 10.2 Å². The molecule has 2 N–H and O–H groups in total. The summed E-state index contributed by atoms with van der Waals surface area (Å²) in [5.41, 5.74) is 0.574. The quantitative estimate of drug-likeness (QED) is 0.477. The minimum atomic E-state index is -1.32. The van der Waals surface area contributed by atoms with E-state index in [4.69, 9.17) is 10.00 Å². The lowest BCUT2D eigenvalue weighted by molar-refractivity contribution is -0.140. The monoisotopic (exact) mass is 415 g/mol. The molecule has 0 aliphatic rings. The third-order valence-corrected chi connectivity index (χ3v) is 4.74. The first-order valence-electron chi connectivity index (χ1n) is 8.83.